The summed E-state index contributed by atoms with van der Waals surface area (Å²) in [6, 6.07) is 9.99. The van der Waals surface area contributed by atoms with E-state index in [1.807, 2.05) is 0 Å². The van der Waals surface area contributed by atoms with E-state index in [0.717, 1.165) is 12.1 Å². The van der Waals surface area contributed by atoms with Crippen LogP contribution in [0.2, 0.25) is 0 Å². The SMILES string of the molecule is C=CC(=O)Nc1ccc(OC(C)c2cccc(F)c2)c(F)c1. The van der Waals surface area contributed by atoms with E-state index in [1.165, 1.54) is 24.3 Å². The van der Waals surface area contributed by atoms with E-state index in [4.69, 9.17) is 4.74 Å². The Bertz CT molecular complexity index is 701. The van der Waals surface area contributed by atoms with Gasteiger partial charge in [-0.1, -0.05) is 18.7 Å². The van der Waals surface area contributed by atoms with Gasteiger partial charge in [-0.3, -0.25) is 4.79 Å². The number of halogens is 2. The van der Waals surface area contributed by atoms with Crippen LogP contribution in [0.3, 0.4) is 0 Å². The Hall–Kier alpha value is -2.69. The summed E-state index contributed by atoms with van der Waals surface area (Å²) in [5, 5.41) is 2.45. The summed E-state index contributed by atoms with van der Waals surface area (Å²) in [7, 11) is 0. The molecule has 0 fully saturated rings. The molecular formula is C17H15F2NO2. The molecule has 1 N–H and O–H groups in total. The van der Waals surface area contributed by atoms with Crippen LogP contribution >= 0.6 is 0 Å². The molecular weight excluding hydrogens is 288 g/mol. The van der Waals surface area contributed by atoms with Crippen molar-refractivity contribution in [1.82, 2.24) is 0 Å². The second kappa shape index (κ2) is 6.85. The van der Waals surface area contributed by atoms with Gasteiger partial charge in [-0.15, -0.1) is 0 Å². The van der Waals surface area contributed by atoms with Crippen molar-refractivity contribution in [2.24, 2.45) is 0 Å². The quantitative estimate of drug-likeness (QED) is 0.839. The number of benzene rings is 2. The minimum absolute atomic E-state index is 0.0216. The van der Waals surface area contributed by atoms with Crippen LogP contribution in [0.5, 0.6) is 5.75 Å². The Morgan fingerprint density at radius 3 is 2.68 bits per heavy atom. The topological polar surface area (TPSA) is 38.3 Å². The predicted molar refractivity (Wildman–Crippen MR) is 80.7 cm³/mol. The van der Waals surface area contributed by atoms with Crippen LogP contribution < -0.4 is 10.1 Å². The molecule has 2 aromatic rings. The van der Waals surface area contributed by atoms with Crippen LogP contribution in [0.4, 0.5) is 14.5 Å². The van der Waals surface area contributed by atoms with E-state index >= 15 is 0 Å². The zero-order chi connectivity index (χ0) is 16.1. The fraction of sp³-hybridized carbons (Fsp3) is 0.118. The first kappa shape index (κ1) is 15.7. The minimum atomic E-state index is -0.620. The maximum Gasteiger partial charge on any atom is 0.247 e. The highest BCUT2D eigenvalue weighted by Crippen LogP contribution is 2.26. The molecule has 5 heteroatoms. The predicted octanol–water partition coefficient (Wildman–Crippen LogP) is 4.23. The maximum atomic E-state index is 14.0. The number of carbonyl (C=O) groups excluding carboxylic acids is 1. The molecule has 114 valence electrons. The molecule has 0 spiro atoms. The van der Waals surface area contributed by atoms with Gasteiger partial charge in [0.1, 0.15) is 11.9 Å². The molecule has 3 nitrogen and oxygen atoms in total. The number of hydrogen-bond donors (Lipinski definition) is 1. The lowest BCUT2D eigenvalue weighted by Crippen LogP contribution is -2.08. The number of rotatable bonds is 5. The van der Waals surface area contributed by atoms with E-state index in [2.05, 4.69) is 11.9 Å². The third-order valence-electron chi connectivity index (χ3n) is 3.01. The highest BCUT2D eigenvalue weighted by molar-refractivity contribution is 5.98. The van der Waals surface area contributed by atoms with Crippen LogP contribution in [0, 0.1) is 11.6 Å². The molecule has 0 heterocycles. The summed E-state index contributed by atoms with van der Waals surface area (Å²) in [5.74, 6) is -1.41. The van der Waals surface area contributed by atoms with Crippen molar-refractivity contribution in [3.05, 3.63) is 72.3 Å². The van der Waals surface area contributed by atoms with Crippen molar-refractivity contribution in [1.29, 1.82) is 0 Å². The van der Waals surface area contributed by atoms with Gasteiger partial charge in [0.2, 0.25) is 5.91 Å². The van der Waals surface area contributed by atoms with Gasteiger partial charge >= 0.3 is 0 Å². The first-order chi connectivity index (χ1) is 10.5. The average molecular weight is 303 g/mol. The molecule has 0 saturated carbocycles. The largest absolute Gasteiger partial charge is 0.483 e. The molecule has 1 atom stereocenters. The minimum Gasteiger partial charge on any atom is -0.483 e. The van der Waals surface area contributed by atoms with Gasteiger partial charge in [0.25, 0.3) is 0 Å². The molecule has 1 amide bonds. The molecule has 1 unspecified atom stereocenters. The van der Waals surface area contributed by atoms with Crippen molar-refractivity contribution in [3.63, 3.8) is 0 Å². The first-order valence-corrected chi connectivity index (χ1v) is 6.64. The first-order valence-electron chi connectivity index (χ1n) is 6.64. The second-order valence-corrected chi connectivity index (χ2v) is 4.65. The van der Waals surface area contributed by atoms with Gasteiger partial charge in [0.05, 0.1) is 0 Å². The zero-order valence-electron chi connectivity index (χ0n) is 12.0. The van der Waals surface area contributed by atoms with E-state index in [0.29, 0.717) is 11.3 Å². The standard InChI is InChI=1S/C17H15F2NO2/c1-3-17(21)20-14-7-8-16(15(19)10-14)22-11(2)12-5-4-6-13(18)9-12/h3-11H,1H2,2H3,(H,20,21). The molecule has 0 aliphatic carbocycles. The lowest BCUT2D eigenvalue weighted by atomic mass is 10.1. The van der Waals surface area contributed by atoms with Gasteiger partial charge in [0.15, 0.2) is 11.6 Å². The van der Waals surface area contributed by atoms with Crippen LogP contribution in [-0.2, 0) is 4.79 Å². The summed E-state index contributed by atoms with van der Waals surface area (Å²) in [5.41, 5.74) is 0.900. The molecule has 0 aromatic heterocycles. The van der Waals surface area contributed by atoms with Crippen molar-refractivity contribution < 1.29 is 18.3 Å². The molecule has 0 saturated heterocycles. The Balaban J connectivity index is 2.13. The number of carbonyl (C=O) groups is 1. The van der Waals surface area contributed by atoms with Crippen LogP contribution in [0.15, 0.2) is 55.1 Å². The summed E-state index contributed by atoms with van der Waals surface area (Å²) in [4.78, 5) is 11.2. The number of ether oxygens (including phenoxy) is 1. The molecule has 2 aromatic carbocycles. The highest BCUT2D eigenvalue weighted by atomic mass is 19.1. The maximum absolute atomic E-state index is 14.0. The fourth-order valence-electron chi connectivity index (χ4n) is 1.89. The lowest BCUT2D eigenvalue weighted by molar-refractivity contribution is -0.111. The summed E-state index contributed by atoms with van der Waals surface area (Å²) < 4.78 is 32.7. The van der Waals surface area contributed by atoms with Gasteiger partial charge in [-0.2, -0.15) is 0 Å². The van der Waals surface area contributed by atoms with Crippen LogP contribution in [0.1, 0.15) is 18.6 Å². The highest BCUT2D eigenvalue weighted by Gasteiger charge is 2.12. The molecule has 0 radical (unpaired) electrons. The van der Waals surface area contributed by atoms with E-state index in [9.17, 15) is 13.6 Å². The number of hydrogen-bond acceptors (Lipinski definition) is 2. The Kier molecular flexibility index (Phi) is 4.88. The summed E-state index contributed by atoms with van der Waals surface area (Å²) in [6.07, 6.45) is 0.577. The van der Waals surface area contributed by atoms with Crippen molar-refractivity contribution in [2.45, 2.75) is 13.0 Å². The van der Waals surface area contributed by atoms with E-state index in [-0.39, 0.29) is 11.6 Å². The Morgan fingerprint density at radius 2 is 2.05 bits per heavy atom. The second-order valence-electron chi connectivity index (χ2n) is 4.65. The summed E-state index contributed by atoms with van der Waals surface area (Å²) >= 11 is 0. The zero-order valence-corrected chi connectivity index (χ0v) is 12.0. The number of amides is 1. The van der Waals surface area contributed by atoms with Crippen molar-refractivity contribution >= 4 is 11.6 Å². The fourth-order valence-corrected chi connectivity index (χ4v) is 1.89. The van der Waals surface area contributed by atoms with Gasteiger partial charge in [0, 0.05) is 11.8 Å². The van der Waals surface area contributed by atoms with Crippen LogP contribution in [-0.4, -0.2) is 5.91 Å². The summed E-state index contributed by atoms with van der Waals surface area (Å²) in [6.45, 7) is 5.01. The van der Waals surface area contributed by atoms with Crippen LogP contribution in [0.25, 0.3) is 0 Å². The van der Waals surface area contributed by atoms with E-state index < -0.39 is 17.8 Å². The third-order valence-corrected chi connectivity index (χ3v) is 3.01. The average Bonchev–Trinajstić information content (AvgIpc) is 2.49. The Labute approximate surface area is 127 Å². The smallest absolute Gasteiger partial charge is 0.247 e. The number of nitrogens with one attached hydrogen (secondary N) is 1. The molecule has 22 heavy (non-hydrogen) atoms. The normalized spacial score (nSPS) is 11.6. The molecule has 0 aliphatic heterocycles. The van der Waals surface area contributed by atoms with Gasteiger partial charge < -0.3 is 10.1 Å². The molecule has 0 aliphatic rings. The Morgan fingerprint density at radius 1 is 1.27 bits per heavy atom. The van der Waals surface area contributed by atoms with Gasteiger partial charge in [-0.05, 0) is 42.8 Å². The van der Waals surface area contributed by atoms with Gasteiger partial charge in [-0.25, -0.2) is 8.78 Å². The molecule has 0 bridgehead atoms. The van der Waals surface area contributed by atoms with Crippen molar-refractivity contribution in [2.75, 3.05) is 5.32 Å². The van der Waals surface area contributed by atoms with Crippen molar-refractivity contribution in [3.8, 4) is 5.75 Å². The lowest BCUT2D eigenvalue weighted by Gasteiger charge is -2.16. The number of anilines is 1. The monoisotopic (exact) mass is 303 g/mol. The van der Waals surface area contributed by atoms with E-state index in [1.54, 1.807) is 19.1 Å². The molecule has 2 rings (SSSR count). The third kappa shape index (κ3) is 3.91.